The van der Waals surface area contributed by atoms with Crippen LogP contribution in [0.2, 0.25) is 5.02 Å². The number of carbonyl (C=O) groups excluding carboxylic acids is 2. The van der Waals surface area contributed by atoms with Gasteiger partial charge in [0.1, 0.15) is 5.69 Å². The van der Waals surface area contributed by atoms with Crippen LogP contribution in [0.15, 0.2) is 51.9 Å². The predicted octanol–water partition coefficient (Wildman–Crippen LogP) is 2.37. The first kappa shape index (κ1) is 19.8. The van der Waals surface area contributed by atoms with Crippen LogP contribution in [0, 0.1) is 6.92 Å². The monoisotopic (exact) mass is 463 g/mol. The van der Waals surface area contributed by atoms with Crippen LogP contribution in [0.4, 0.5) is 0 Å². The zero-order valence-electron chi connectivity index (χ0n) is 14.9. The number of benzene rings is 1. The summed E-state index contributed by atoms with van der Waals surface area (Å²) in [5.74, 6) is -1.38. The maximum Gasteiger partial charge on any atom is 0.294 e. The van der Waals surface area contributed by atoms with Gasteiger partial charge in [-0.1, -0.05) is 23.7 Å². The molecule has 0 aliphatic rings. The highest BCUT2D eigenvalue weighted by atomic mass is 79.9. The van der Waals surface area contributed by atoms with E-state index in [-0.39, 0.29) is 5.69 Å². The number of nitrogens with zero attached hydrogens (tertiary/aromatic N) is 3. The molecule has 3 aromatic rings. The number of hydrogen-bond donors (Lipinski definition) is 2. The Labute approximate surface area is 173 Å². The molecule has 8 nitrogen and oxygen atoms in total. The fraction of sp³-hybridized carbons (Fsp3) is 0.111. The van der Waals surface area contributed by atoms with Gasteiger partial charge in [0.05, 0.1) is 10.7 Å². The van der Waals surface area contributed by atoms with E-state index < -0.39 is 17.2 Å². The van der Waals surface area contributed by atoms with Crippen molar-refractivity contribution in [3.8, 4) is 5.69 Å². The minimum absolute atomic E-state index is 0.317. The molecule has 0 radical (unpaired) electrons. The number of halogens is 2. The van der Waals surface area contributed by atoms with E-state index in [1.165, 1.54) is 10.7 Å². The summed E-state index contributed by atoms with van der Waals surface area (Å²) in [6.07, 6.45) is 1.69. The molecule has 0 aliphatic carbocycles. The van der Waals surface area contributed by atoms with Crippen molar-refractivity contribution in [1.82, 2.24) is 25.2 Å². The van der Waals surface area contributed by atoms with Crippen molar-refractivity contribution >= 4 is 39.3 Å². The number of amides is 2. The smallest absolute Gasteiger partial charge is 0.294 e. The Morgan fingerprint density at radius 1 is 1.14 bits per heavy atom. The molecule has 28 heavy (non-hydrogen) atoms. The van der Waals surface area contributed by atoms with Gasteiger partial charge in [-0.15, -0.1) is 0 Å². The summed E-state index contributed by atoms with van der Waals surface area (Å²) in [5, 5.41) is 4.53. The van der Waals surface area contributed by atoms with Crippen LogP contribution in [0.25, 0.3) is 5.69 Å². The van der Waals surface area contributed by atoms with E-state index in [9.17, 15) is 14.4 Å². The van der Waals surface area contributed by atoms with Gasteiger partial charge in [-0.3, -0.25) is 25.2 Å². The Morgan fingerprint density at radius 2 is 1.82 bits per heavy atom. The van der Waals surface area contributed by atoms with Gasteiger partial charge < -0.3 is 4.57 Å². The molecule has 2 heterocycles. The van der Waals surface area contributed by atoms with Crippen molar-refractivity contribution < 1.29 is 9.59 Å². The van der Waals surface area contributed by atoms with Crippen LogP contribution >= 0.6 is 27.5 Å². The largest absolute Gasteiger partial charge is 0.345 e. The molecule has 2 N–H and O–H groups in total. The van der Waals surface area contributed by atoms with Gasteiger partial charge in [-0.25, -0.2) is 4.68 Å². The van der Waals surface area contributed by atoms with Crippen molar-refractivity contribution in [1.29, 1.82) is 0 Å². The lowest BCUT2D eigenvalue weighted by Crippen LogP contribution is -2.44. The van der Waals surface area contributed by atoms with E-state index in [2.05, 4.69) is 31.9 Å². The second-order valence-corrected chi connectivity index (χ2v) is 7.25. The first-order chi connectivity index (χ1) is 13.3. The van der Waals surface area contributed by atoms with Crippen LogP contribution in [0.1, 0.15) is 26.7 Å². The highest BCUT2D eigenvalue weighted by Crippen LogP contribution is 2.19. The molecule has 0 unspecified atom stereocenters. The Kier molecular flexibility index (Phi) is 5.66. The van der Waals surface area contributed by atoms with Gasteiger partial charge in [0.2, 0.25) is 5.43 Å². The molecule has 2 aromatic heterocycles. The summed E-state index contributed by atoms with van der Waals surface area (Å²) < 4.78 is 3.70. The third-order valence-corrected chi connectivity index (χ3v) is 4.65. The third-order valence-electron chi connectivity index (χ3n) is 3.90. The number of aryl methyl sites for hydroxylation is 2. The van der Waals surface area contributed by atoms with Gasteiger partial charge in [0, 0.05) is 29.5 Å². The van der Waals surface area contributed by atoms with Crippen LogP contribution in [0.3, 0.4) is 0 Å². The Balaban J connectivity index is 1.85. The normalized spacial score (nSPS) is 10.6. The molecule has 3 rings (SSSR count). The molecule has 1 aromatic carbocycles. The zero-order chi connectivity index (χ0) is 20.4. The summed E-state index contributed by atoms with van der Waals surface area (Å²) >= 11 is 9.45. The fourth-order valence-electron chi connectivity index (χ4n) is 2.56. The standard InChI is InChI=1S/C18H15BrClN5O3/c1-10-7-15(26)16(23-25(10)13-6-4-3-5-12(13)20)18(28)22-21-17(27)14-8-11(19)9-24(14)2/h3-9H,1-2H3,(H,21,27)(H,22,28). The van der Waals surface area contributed by atoms with Gasteiger partial charge >= 0.3 is 0 Å². The predicted molar refractivity (Wildman–Crippen MR) is 108 cm³/mol. The maximum absolute atomic E-state index is 12.4. The van der Waals surface area contributed by atoms with Crippen molar-refractivity contribution in [2.75, 3.05) is 0 Å². The number of hydrazine groups is 1. The molecular formula is C18H15BrClN5O3. The first-order valence-electron chi connectivity index (χ1n) is 8.06. The molecule has 10 heteroatoms. The van der Waals surface area contributed by atoms with Crippen LogP contribution in [0.5, 0.6) is 0 Å². The number of carbonyl (C=O) groups is 2. The summed E-state index contributed by atoms with van der Waals surface area (Å²) in [4.78, 5) is 36.8. The summed E-state index contributed by atoms with van der Waals surface area (Å²) in [6.45, 7) is 1.68. The van der Waals surface area contributed by atoms with Gasteiger partial charge in [0.25, 0.3) is 11.8 Å². The number of para-hydroxylation sites is 1. The van der Waals surface area contributed by atoms with E-state index in [1.54, 1.807) is 55.1 Å². The van der Waals surface area contributed by atoms with E-state index in [0.717, 1.165) is 0 Å². The molecule has 0 spiro atoms. The Hall–Kier alpha value is -2.91. The molecule has 0 saturated carbocycles. The summed E-state index contributed by atoms with van der Waals surface area (Å²) in [7, 11) is 1.69. The average Bonchev–Trinajstić information content (AvgIpc) is 2.98. The average molecular weight is 465 g/mol. The number of aromatic nitrogens is 3. The highest BCUT2D eigenvalue weighted by molar-refractivity contribution is 9.10. The summed E-state index contributed by atoms with van der Waals surface area (Å²) in [5.41, 5.74) is 4.88. The molecule has 0 aliphatic heterocycles. The van der Waals surface area contributed by atoms with Crippen molar-refractivity contribution in [3.63, 3.8) is 0 Å². The Morgan fingerprint density at radius 3 is 2.46 bits per heavy atom. The van der Waals surface area contributed by atoms with Crippen LogP contribution < -0.4 is 16.3 Å². The quantitative estimate of drug-likeness (QED) is 0.582. The molecule has 0 atom stereocenters. The number of hydrogen-bond acceptors (Lipinski definition) is 4. The molecule has 0 fully saturated rings. The topological polar surface area (TPSA) is 98.0 Å². The molecule has 144 valence electrons. The second-order valence-electron chi connectivity index (χ2n) is 5.92. The number of nitrogens with one attached hydrogen (secondary N) is 2. The second kappa shape index (κ2) is 7.99. The van der Waals surface area contributed by atoms with E-state index in [4.69, 9.17) is 11.6 Å². The lowest BCUT2D eigenvalue weighted by molar-refractivity contribution is 0.0837. The molecule has 0 bridgehead atoms. The van der Waals surface area contributed by atoms with E-state index in [1.807, 2.05) is 0 Å². The minimum atomic E-state index is -0.840. The van der Waals surface area contributed by atoms with Crippen LogP contribution in [-0.4, -0.2) is 26.2 Å². The summed E-state index contributed by atoms with van der Waals surface area (Å²) in [6, 6.07) is 9.78. The molecular weight excluding hydrogens is 450 g/mol. The van der Waals surface area contributed by atoms with Gasteiger partial charge in [-0.05, 0) is 41.1 Å². The SMILES string of the molecule is Cc1cc(=O)c(C(=O)NNC(=O)c2cc(Br)cn2C)nn1-c1ccccc1Cl. The van der Waals surface area contributed by atoms with Crippen molar-refractivity contribution in [2.45, 2.75) is 6.92 Å². The fourth-order valence-corrected chi connectivity index (χ4v) is 3.30. The highest BCUT2D eigenvalue weighted by Gasteiger charge is 2.18. The van der Waals surface area contributed by atoms with E-state index >= 15 is 0 Å². The third kappa shape index (κ3) is 4.00. The van der Waals surface area contributed by atoms with Crippen molar-refractivity contribution in [3.05, 3.63) is 79.4 Å². The van der Waals surface area contributed by atoms with Crippen LogP contribution in [-0.2, 0) is 7.05 Å². The Bertz CT molecular complexity index is 1140. The zero-order valence-corrected chi connectivity index (χ0v) is 17.2. The van der Waals surface area contributed by atoms with E-state index in [0.29, 0.717) is 26.6 Å². The molecule has 0 saturated heterocycles. The molecule has 2 amide bonds. The lowest BCUT2D eigenvalue weighted by atomic mass is 10.2. The minimum Gasteiger partial charge on any atom is -0.345 e. The van der Waals surface area contributed by atoms with Crippen molar-refractivity contribution in [2.24, 2.45) is 7.05 Å². The lowest BCUT2D eigenvalue weighted by Gasteiger charge is -2.13. The van der Waals surface area contributed by atoms with Gasteiger partial charge in [-0.2, -0.15) is 5.10 Å². The first-order valence-corrected chi connectivity index (χ1v) is 9.23. The maximum atomic E-state index is 12.4. The van der Waals surface area contributed by atoms with Gasteiger partial charge in [0.15, 0.2) is 5.69 Å². The number of rotatable bonds is 3.